The van der Waals surface area contributed by atoms with Gasteiger partial charge in [0.25, 0.3) is 5.91 Å². The molecule has 2 rings (SSSR count). The molecule has 0 saturated carbocycles. The molecule has 1 amide bonds. The predicted octanol–water partition coefficient (Wildman–Crippen LogP) is 4.06. The maximum atomic E-state index is 12.0. The number of aromatic nitrogens is 1. The normalized spacial score (nSPS) is 10.3. The maximum absolute atomic E-state index is 12.0. The fourth-order valence-corrected chi connectivity index (χ4v) is 2.34. The molecule has 0 aliphatic rings. The van der Waals surface area contributed by atoms with Gasteiger partial charge in [0, 0.05) is 6.54 Å². The minimum atomic E-state index is -0.134. The highest BCUT2D eigenvalue weighted by atomic mass is 16.5. The zero-order valence-electron chi connectivity index (χ0n) is 14.6. The summed E-state index contributed by atoms with van der Waals surface area (Å²) in [5.41, 5.74) is 3.24. The third-order valence-electron chi connectivity index (χ3n) is 3.70. The number of anilines is 2. The van der Waals surface area contributed by atoms with E-state index in [0.29, 0.717) is 12.2 Å². The molecule has 128 valence electrons. The molecule has 1 aromatic carbocycles. The van der Waals surface area contributed by atoms with E-state index in [0.717, 1.165) is 42.0 Å². The van der Waals surface area contributed by atoms with Gasteiger partial charge in [-0.15, -0.1) is 0 Å². The number of rotatable bonds is 8. The van der Waals surface area contributed by atoms with Crippen molar-refractivity contribution >= 4 is 17.3 Å². The summed E-state index contributed by atoms with van der Waals surface area (Å²) in [5, 5.41) is 6.16. The number of nitrogens with one attached hydrogen (secondary N) is 2. The second-order valence-corrected chi connectivity index (χ2v) is 5.72. The quantitative estimate of drug-likeness (QED) is 0.718. The molecule has 0 aliphatic heterocycles. The van der Waals surface area contributed by atoms with Crippen LogP contribution in [0.3, 0.4) is 0 Å². The number of unbranched alkanes of at least 4 members (excludes halogenated alkanes) is 2. The molecule has 5 nitrogen and oxygen atoms in total. The molecule has 0 aliphatic carbocycles. The van der Waals surface area contributed by atoms with Gasteiger partial charge in [-0.25, -0.2) is 4.98 Å². The summed E-state index contributed by atoms with van der Waals surface area (Å²) in [6.45, 7) is 4.85. The van der Waals surface area contributed by atoms with E-state index >= 15 is 0 Å². The van der Waals surface area contributed by atoms with Crippen LogP contribution in [0.15, 0.2) is 36.5 Å². The summed E-state index contributed by atoms with van der Waals surface area (Å²) in [6.07, 6.45) is 4.91. The lowest BCUT2D eigenvalue weighted by Gasteiger charge is -2.12. The van der Waals surface area contributed by atoms with Crippen LogP contribution in [-0.4, -0.2) is 24.5 Å². The van der Waals surface area contributed by atoms with Gasteiger partial charge in [0.2, 0.25) is 0 Å². The first kappa shape index (κ1) is 17.8. The number of benzene rings is 1. The molecule has 0 radical (unpaired) electrons. The highest BCUT2D eigenvalue weighted by Crippen LogP contribution is 2.28. The van der Waals surface area contributed by atoms with Gasteiger partial charge in [-0.3, -0.25) is 4.79 Å². The van der Waals surface area contributed by atoms with E-state index in [9.17, 15) is 4.79 Å². The number of carbonyl (C=O) groups excluding carboxylic acids is 1. The highest BCUT2D eigenvalue weighted by Gasteiger charge is 2.08. The third kappa shape index (κ3) is 4.98. The Kier molecular flexibility index (Phi) is 6.61. The van der Waals surface area contributed by atoms with Crippen LogP contribution in [0.4, 0.5) is 11.4 Å². The topological polar surface area (TPSA) is 63.2 Å². The van der Waals surface area contributed by atoms with Crippen LogP contribution in [-0.2, 0) is 0 Å². The number of ether oxygens (including phenoxy) is 1. The standard InChI is InChI=1S/C19H25N3O2/c1-4-5-6-11-20-19(23)16-9-8-15(13-21-16)22-17-12-14(2)7-10-18(17)24-3/h7-10,12-13,22H,4-6,11H2,1-3H3,(H,20,23). The first-order valence-electron chi connectivity index (χ1n) is 8.30. The van der Waals surface area contributed by atoms with E-state index in [-0.39, 0.29) is 5.91 Å². The average Bonchev–Trinajstić information content (AvgIpc) is 2.59. The fourth-order valence-electron chi connectivity index (χ4n) is 2.34. The van der Waals surface area contributed by atoms with Crippen molar-refractivity contribution < 1.29 is 9.53 Å². The van der Waals surface area contributed by atoms with Crippen LogP contribution in [0.1, 0.15) is 42.2 Å². The number of pyridine rings is 1. The van der Waals surface area contributed by atoms with Crippen molar-refractivity contribution in [1.29, 1.82) is 0 Å². The SMILES string of the molecule is CCCCCNC(=O)c1ccc(Nc2cc(C)ccc2OC)cn1. The van der Waals surface area contributed by atoms with E-state index < -0.39 is 0 Å². The van der Waals surface area contributed by atoms with Crippen LogP contribution in [0.5, 0.6) is 5.75 Å². The molecule has 2 aromatic rings. The Morgan fingerprint density at radius 3 is 2.71 bits per heavy atom. The Morgan fingerprint density at radius 1 is 1.21 bits per heavy atom. The van der Waals surface area contributed by atoms with E-state index in [1.165, 1.54) is 0 Å². The van der Waals surface area contributed by atoms with Crippen molar-refractivity contribution in [3.8, 4) is 5.75 Å². The van der Waals surface area contributed by atoms with Gasteiger partial charge in [-0.2, -0.15) is 0 Å². The number of methoxy groups -OCH3 is 1. The zero-order chi connectivity index (χ0) is 17.4. The Labute approximate surface area is 143 Å². The van der Waals surface area contributed by atoms with E-state index in [4.69, 9.17) is 4.74 Å². The first-order chi connectivity index (χ1) is 11.6. The number of carbonyl (C=O) groups is 1. The maximum Gasteiger partial charge on any atom is 0.269 e. The van der Waals surface area contributed by atoms with Crippen molar-refractivity contribution in [3.05, 3.63) is 47.8 Å². The molecule has 0 atom stereocenters. The smallest absolute Gasteiger partial charge is 0.269 e. The van der Waals surface area contributed by atoms with Crippen LogP contribution in [0.25, 0.3) is 0 Å². The lowest BCUT2D eigenvalue weighted by molar-refractivity contribution is 0.0948. The summed E-state index contributed by atoms with van der Waals surface area (Å²) in [7, 11) is 1.64. The molecular weight excluding hydrogens is 302 g/mol. The molecule has 24 heavy (non-hydrogen) atoms. The van der Waals surface area contributed by atoms with Gasteiger partial charge >= 0.3 is 0 Å². The number of hydrogen-bond acceptors (Lipinski definition) is 4. The molecule has 0 saturated heterocycles. The summed E-state index contributed by atoms with van der Waals surface area (Å²) < 4.78 is 5.35. The van der Waals surface area contributed by atoms with E-state index in [1.807, 2.05) is 31.2 Å². The molecule has 0 unspecified atom stereocenters. The Bertz CT molecular complexity index is 669. The van der Waals surface area contributed by atoms with Gasteiger partial charge in [-0.1, -0.05) is 25.8 Å². The molecule has 0 spiro atoms. The van der Waals surface area contributed by atoms with Crippen LogP contribution < -0.4 is 15.4 Å². The second kappa shape index (κ2) is 8.91. The summed E-state index contributed by atoms with van der Waals surface area (Å²) in [4.78, 5) is 16.2. The van der Waals surface area contributed by atoms with E-state index in [2.05, 4.69) is 22.5 Å². The Hall–Kier alpha value is -2.56. The van der Waals surface area contributed by atoms with Crippen molar-refractivity contribution in [1.82, 2.24) is 10.3 Å². The predicted molar refractivity (Wildman–Crippen MR) is 97.1 cm³/mol. The number of hydrogen-bond donors (Lipinski definition) is 2. The first-order valence-corrected chi connectivity index (χ1v) is 8.30. The monoisotopic (exact) mass is 327 g/mol. The number of nitrogens with zero attached hydrogens (tertiary/aromatic N) is 1. The molecule has 2 N–H and O–H groups in total. The van der Waals surface area contributed by atoms with Crippen molar-refractivity contribution in [3.63, 3.8) is 0 Å². The van der Waals surface area contributed by atoms with Crippen molar-refractivity contribution in [2.45, 2.75) is 33.1 Å². The summed E-state index contributed by atoms with van der Waals surface area (Å²) >= 11 is 0. The van der Waals surface area contributed by atoms with Crippen LogP contribution in [0.2, 0.25) is 0 Å². The van der Waals surface area contributed by atoms with Crippen LogP contribution in [0, 0.1) is 6.92 Å². The van der Waals surface area contributed by atoms with Crippen molar-refractivity contribution in [2.24, 2.45) is 0 Å². The minimum Gasteiger partial charge on any atom is -0.495 e. The largest absolute Gasteiger partial charge is 0.495 e. The van der Waals surface area contributed by atoms with Gasteiger partial charge in [0.05, 0.1) is 24.7 Å². The Balaban J connectivity index is 1.99. The van der Waals surface area contributed by atoms with Crippen LogP contribution >= 0.6 is 0 Å². The highest BCUT2D eigenvalue weighted by molar-refractivity contribution is 5.92. The summed E-state index contributed by atoms with van der Waals surface area (Å²) in [6, 6.07) is 9.49. The average molecular weight is 327 g/mol. The Morgan fingerprint density at radius 2 is 2.04 bits per heavy atom. The van der Waals surface area contributed by atoms with Gasteiger partial charge in [-0.05, 0) is 43.2 Å². The van der Waals surface area contributed by atoms with Gasteiger partial charge < -0.3 is 15.4 Å². The molecular formula is C19H25N3O2. The van der Waals surface area contributed by atoms with Crippen molar-refractivity contribution in [2.75, 3.05) is 19.0 Å². The lowest BCUT2D eigenvalue weighted by atomic mass is 10.2. The molecule has 5 heteroatoms. The molecule has 1 heterocycles. The molecule has 0 bridgehead atoms. The third-order valence-corrected chi connectivity index (χ3v) is 3.70. The summed E-state index contributed by atoms with van der Waals surface area (Å²) in [5.74, 6) is 0.629. The number of amides is 1. The number of aryl methyl sites for hydroxylation is 1. The second-order valence-electron chi connectivity index (χ2n) is 5.72. The lowest BCUT2D eigenvalue weighted by Crippen LogP contribution is -2.25. The molecule has 0 fully saturated rings. The van der Waals surface area contributed by atoms with E-state index in [1.54, 1.807) is 19.4 Å². The minimum absolute atomic E-state index is 0.134. The molecule has 1 aromatic heterocycles. The van der Waals surface area contributed by atoms with Gasteiger partial charge in [0.1, 0.15) is 11.4 Å². The van der Waals surface area contributed by atoms with Gasteiger partial charge in [0.15, 0.2) is 0 Å². The fraction of sp³-hybridized carbons (Fsp3) is 0.368. The zero-order valence-corrected chi connectivity index (χ0v) is 14.6.